The Labute approximate surface area is 252 Å². The van der Waals surface area contributed by atoms with Crippen LogP contribution in [0.25, 0.3) is 11.1 Å². The molecule has 7 heteroatoms. The summed E-state index contributed by atoms with van der Waals surface area (Å²) in [5.41, 5.74) is 5.62. The van der Waals surface area contributed by atoms with Crippen molar-refractivity contribution in [3.8, 4) is 16.9 Å². The van der Waals surface area contributed by atoms with Crippen LogP contribution in [-0.2, 0) is 17.6 Å². The second kappa shape index (κ2) is 13.8. The lowest BCUT2D eigenvalue weighted by Crippen LogP contribution is -2.35. The van der Waals surface area contributed by atoms with Gasteiger partial charge < -0.3 is 20.1 Å². The van der Waals surface area contributed by atoms with Gasteiger partial charge in [-0.3, -0.25) is 14.4 Å². The first-order valence-corrected chi connectivity index (χ1v) is 14.7. The molecule has 4 aromatic rings. The maximum Gasteiger partial charge on any atom is 0.305 e. The van der Waals surface area contributed by atoms with Crippen LogP contribution in [0, 0.1) is 0 Å². The van der Waals surface area contributed by atoms with Crippen molar-refractivity contribution < 1.29 is 24.2 Å². The van der Waals surface area contributed by atoms with Crippen molar-refractivity contribution in [3.05, 3.63) is 125 Å². The topological polar surface area (TPSA) is 95.9 Å². The largest absolute Gasteiger partial charge is 0.497 e. The minimum absolute atomic E-state index is 0.0713. The van der Waals surface area contributed by atoms with Gasteiger partial charge in [0.15, 0.2) is 0 Å². The minimum Gasteiger partial charge on any atom is -0.497 e. The zero-order valence-corrected chi connectivity index (χ0v) is 24.3. The third-order valence-electron chi connectivity index (χ3n) is 8.01. The molecule has 4 aromatic carbocycles. The van der Waals surface area contributed by atoms with Crippen molar-refractivity contribution in [2.45, 2.75) is 38.1 Å². The van der Waals surface area contributed by atoms with Crippen LogP contribution in [0.5, 0.6) is 5.75 Å². The predicted octanol–water partition coefficient (Wildman–Crippen LogP) is 6.33. The number of benzene rings is 4. The lowest BCUT2D eigenvalue weighted by molar-refractivity contribution is -0.137. The average Bonchev–Trinajstić information content (AvgIpc) is 3.05. The molecular weight excluding hydrogens is 540 g/mol. The zero-order chi connectivity index (χ0) is 30.2. The van der Waals surface area contributed by atoms with Gasteiger partial charge in [-0.15, -0.1) is 0 Å². The van der Waals surface area contributed by atoms with Crippen molar-refractivity contribution in [3.63, 3.8) is 0 Å². The highest BCUT2D eigenvalue weighted by molar-refractivity contribution is 6.06. The van der Waals surface area contributed by atoms with Crippen molar-refractivity contribution in [1.82, 2.24) is 10.2 Å². The number of ether oxygens (including phenoxy) is 1. The van der Waals surface area contributed by atoms with Gasteiger partial charge in [0, 0.05) is 24.2 Å². The number of carbonyl (C=O) groups is 3. The number of carboxylic acids is 1. The number of amides is 2. The van der Waals surface area contributed by atoms with E-state index in [0.29, 0.717) is 35.2 Å². The van der Waals surface area contributed by atoms with E-state index in [2.05, 4.69) is 17.4 Å². The standard InChI is InChI=1S/C36H36N2O5/c1-43-27-19-17-25(18-20-27)21-23-38(24-22-34(39)40)36(42)32-15-7-5-13-30(32)29-12-4-6-14-31(29)35(41)37-33-16-8-10-26-9-2-3-11-28(26)33/h2-7,9,11-15,17-20,33H,8,10,16,21-24H2,1H3,(H,37,41)(H,39,40). The molecule has 5 rings (SSSR count). The molecular formula is C36H36N2O5. The molecule has 2 N–H and O–H groups in total. The number of methoxy groups -OCH3 is 1. The van der Waals surface area contributed by atoms with Crippen LogP contribution in [0.2, 0.25) is 0 Å². The number of hydrogen-bond acceptors (Lipinski definition) is 4. The summed E-state index contributed by atoms with van der Waals surface area (Å²) in [4.78, 5) is 40.8. The van der Waals surface area contributed by atoms with E-state index in [0.717, 1.165) is 36.1 Å². The van der Waals surface area contributed by atoms with E-state index < -0.39 is 5.97 Å². The summed E-state index contributed by atoms with van der Waals surface area (Å²) in [5.74, 6) is -0.697. The smallest absolute Gasteiger partial charge is 0.305 e. The Bertz CT molecular complexity index is 1600. The molecule has 2 amide bonds. The van der Waals surface area contributed by atoms with Gasteiger partial charge in [-0.05, 0) is 77.8 Å². The van der Waals surface area contributed by atoms with Crippen LogP contribution in [0.3, 0.4) is 0 Å². The van der Waals surface area contributed by atoms with E-state index in [9.17, 15) is 19.5 Å². The van der Waals surface area contributed by atoms with Gasteiger partial charge in [0.25, 0.3) is 11.8 Å². The maximum atomic E-state index is 14.0. The van der Waals surface area contributed by atoms with Gasteiger partial charge >= 0.3 is 5.97 Å². The average molecular weight is 577 g/mol. The fourth-order valence-electron chi connectivity index (χ4n) is 5.73. The molecule has 0 bridgehead atoms. The van der Waals surface area contributed by atoms with Crippen molar-refractivity contribution in [2.24, 2.45) is 0 Å². The molecule has 1 aliphatic rings. The highest BCUT2D eigenvalue weighted by Crippen LogP contribution is 2.32. The summed E-state index contributed by atoms with van der Waals surface area (Å²) < 4.78 is 5.24. The van der Waals surface area contributed by atoms with Crippen LogP contribution in [0.15, 0.2) is 97.1 Å². The second-order valence-electron chi connectivity index (χ2n) is 10.7. The molecule has 0 aliphatic heterocycles. The Morgan fingerprint density at radius 3 is 2.21 bits per heavy atom. The summed E-state index contributed by atoms with van der Waals surface area (Å²) >= 11 is 0. The quantitative estimate of drug-likeness (QED) is 0.218. The lowest BCUT2D eigenvalue weighted by Gasteiger charge is -2.27. The molecule has 1 atom stereocenters. The summed E-state index contributed by atoms with van der Waals surface area (Å²) in [6.07, 6.45) is 3.26. The summed E-state index contributed by atoms with van der Waals surface area (Å²) in [6, 6.07) is 30.3. The van der Waals surface area contributed by atoms with E-state index in [1.165, 1.54) is 5.56 Å². The molecule has 7 nitrogen and oxygen atoms in total. The zero-order valence-electron chi connectivity index (χ0n) is 24.3. The molecule has 0 heterocycles. The molecule has 0 fully saturated rings. The number of carbonyl (C=O) groups excluding carboxylic acids is 2. The number of rotatable bonds is 11. The summed E-state index contributed by atoms with van der Waals surface area (Å²) in [6.45, 7) is 0.415. The normalized spacial score (nSPS) is 13.9. The molecule has 0 saturated heterocycles. The number of hydrogen-bond donors (Lipinski definition) is 2. The van der Waals surface area contributed by atoms with Gasteiger partial charge in [0.2, 0.25) is 0 Å². The molecule has 1 aliphatic carbocycles. The van der Waals surface area contributed by atoms with Crippen LogP contribution in [0.1, 0.15) is 62.7 Å². The first-order valence-electron chi connectivity index (χ1n) is 14.7. The lowest BCUT2D eigenvalue weighted by atomic mass is 9.87. The van der Waals surface area contributed by atoms with E-state index in [4.69, 9.17) is 4.74 Å². The second-order valence-corrected chi connectivity index (χ2v) is 10.7. The third kappa shape index (κ3) is 7.12. The SMILES string of the molecule is COc1ccc(CCN(CCC(=O)O)C(=O)c2ccccc2-c2ccccc2C(=O)NC2CCCc3ccccc32)cc1. The van der Waals surface area contributed by atoms with Crippen molar-refractivity contribution in [2.75, 3.05) is 20.2 Å². The Morgan fingerprint density at radius 2 is 1.49 bits per heavy atom. The van der Waals surface area contributed by atoms with Crippen LogP contribution >= 0.6 is 0 Å². The number of nitrogens with one attached hydrogen (secondary N) is 1. The number of aliphatic carboxylic acids is 1. The molecule has 0 spiro atoms. The monoisotopic (exact) mass is 576 g/mol. The molecule has 0 saturated carbocycles. The van der Waals surface area contributed by atoms with Crippen LogP contribution in [0.4, 0.5) is 0 Å². The number of aryl methyl sites for hydroxylation is 1. The first-order chi connectivity index (χ1) is 20.9. The Balaban J connectivity index is 1.41. The highest BCUT2D eigenvalue weighted by Gasteiger charge is 2.25. The van der Waals surface area contributed by atoms with E-state index in [1.54, 1.807) is 30.2 Å². The van der Waals surface area contributed by atoms with E-state index in [1.807, 2.05) is 66.7 Å². The van der Waals surface area contributed by atoms with E-state index >= 15 is 0 Å². The molecule has 1 unspecified atom stereocenters. The number of nitrogens with zero attached hydrogens (tertiary/aromatic N) is 1. The fourth-order valence-corrected chi connectivity index (χ4v) is 5.73. The predicted molar refractivity (Wildman–Crippen MR) is 166 cm³/mol. The number of fused-ring (bicyclic) bond motifs is 1. The van der Waals surface area contributed by atoms with Gasteiger partial charge in [0.1, 0.15) is 5.75 Å². The van der Waals surface area contributed by atoms with Gasteiger partial charge in [-0.25, -0.2) is 0 Å². The summed E-state index contributed by atoms with van der Waals surface area (Å²) in [5, 5.41) is 12.6. The Hall–Kier alpha value is -4.91. The first kappa shape index (κ1) is 29.6. The van der Waals surface area contributed by atoms with Gasteiger partial charge in [-0.1, -0.05) is 72.8 Å². The Morgan fingerprint density at radius 1 is 0.837 bits per heavy atom. The fraction of sp³-hybridized carbons (Fsp3) is 0.250. The van der Waals surface area contributed by atoms with Gasteiger partial charge in [0.05, 0.1) is 19.6 Å². The summed E-state index contributed by atoms with van der Waals surface area (Å²) in [7, 11) is 1.61. The molecule has 0 aromatic heterocycles. The van der Waals surface area contributed by atoms with Crippen molar-refractivity contribution >= 4 is 17.8 Å². The molecule has 220 valence electrons. The molecule has 0 radical (unpaired) electrons. The minimum atomic E-state index is -0.971. The Kier molecular flexibility index (Phi) is 9.52. The van der Waals surface area contributed by atoms with E-state index in [-0.39, 0.29) is 30.8 Å². The third-order valence-corrected chi connectivity index (χ3v) is 8.01. The van der Waals surface area contributed by atoms with Gasteiger partial charge in [-0.2, -0.15) is 0 Å². The maximum absolute atomic E-state index is 14.0. The van der Waals surface area contributed by atoms with Crippen LogP contribution < -0.4 is 10.1 Å². The highest BCUT2D eigenvalue weighted by atomic mass is 16.5. The van der Waals surface area contributed by atoms with Crippen molar-refractivity contribution in [1.29, 1.82) is 0 Å². The molecule has 43 heavy (non-hydrogen) atoms. The number of carboxylic acid groups (broad SMARTS) is 1. The van der Waals surface area contributed by atoms with Crippen LogP contribution in [-0.4, -0.2) is 48.0 Å².